The van der Waals surface area contributed by atoms with Gasteiger partial charge in [-0.05, 0) is 44.4 Å². The smallest absolute Gasteiger partial charge is 0.231 e. The Morgan fingerprint density at radius 2 is 2.04 bits per heavy atom. The molecule has 1 unspecified atom stereocenters. The molecular formula is C19H30N4O3. The Morgan fingerprint density at radius 1 is 1.23 bits per heavy atom. The standard InChI is InChI=1S/C19H30N4O3/c1-4-14(3)23-18(24)9-11-22-19(20-5-2)21-10-8-15-6-7-16-17(12-15)26-13-25-16/h6-7,12,14H,4-5,8-11,13H2,1-3H3,(H,23,24)(H2,20,21,22). The van der Waals surface area contributed by atoms with E-state index in [0.717, 1.165) is 43.4 Å². The summed E-state index contributed by atoms with van der Waals surface area (Å²) in [7, 11) is 0. The fraction of sp³-hybridized carbons (Fsp3) is 0.579. The summed E-state index contributed by atoms with van der Waals surface area (Å²) in [5.74, 6) is 2.37. The first-order valence-electron chi connectivity index (χ1n) is 9.32. The minimum atomic E-state index is 0.0410. The molecule has 1 aliphatic rings. The molecule has 26 heavy (non-hydrogen) atoms. The van der Waals surface area contributed by atoms with Crippen LogP contribution >= 0.6 is 0 Å². The van der Waals surface area contributed by atoms with E-state index in [1.54, 1.807) is 0 Å². The molecule has 0 fully saturated rings. The number of ether oxygens (including phenoxy) is 2. The van der Waals surface area contributed by atoms with Gasteiger partial charge in [0.1, 0.15) is 0 Å². The van der Waals surface area contributed by atoms with E-state index in [9.17, 15) is 4.79 Å². The highest BCUT2D eigenvalue weighted by Gasteiger charge is 2.13. The predicted octanol–water partition coefficient (Wildman–Crippen LogP) is 1.82. The number of carbonyl (C=O) groups is 1. The van der Waals surface area contributed by atoms with Gasteiger partial charge < -0.3 is 25.4 Å². The number of nitrogens with zero attached hydrogens (tertiary/aromatic N) is 1. The topological polar surface area (TPSA) is 84.0 Å². The number of benzene rings is 1. The van der Waals surface area contributed by atoms with Gasteiger partial charge in [0.15, 0.2) is 17.5 Å². The number of aliphatic imine (C=N–C) groups is 1. The average Bonchev–Trinajstić information content (AvgIpc) is 3.09. The van der Waals surface area contributed by atoms with E-state index in [4.69, 9.17) is 9.47 Å². The van der Waals surface area contributed by atoms with Crippen molar-refractivity contribution in [3.05, 3.63) is 23.8 Å². The average molecular weight is 362 g/mol. The van der Waals surface area contributed by atoms with Crippen LogP contribution < -0.4 is 25.4 Å². The van der Waals surface area contributed by atoms with Gasteiger partial charge in [-0.25, -0.2) is 0 Å². The fourth-order valence-electron chi connectivity index (χ4n) is 2.48. The second-order valence-electron chi connectivity index (χ2n) is 6.25. The minimum Gasteiger partial charge on any atom is -0.454 e. The van der Waals surface area contributed by atoms with E-state index < -0.39 is 0 Å². The summed E-state index contributed by atoms with van der Waals surface area (Å²) in [5, 5.41) is 9.45. The number of amides is 1. The molecule has 2 rings (SSSR count). The number of carbonyl (C=O) groups excluding carboxylic acids is 1. The lowest BCUT2D eigenvalue weighted by Gasteiger charge is -2.12. The van der Waals surface area contributed by atoms with Gasteiger partial charge >= 0.3 is 0 Å². The third-order valence-electron chi connectivity index (χ3n) is 4.12. The van der Waals surface area contributed by atoms with Crippen LogP contribution in [0.15, 0.2) is 23.2 Å². The summed E-state index contributed by atoms with van der Waals surface area (Å²) in [6, 6.07) is 6.19. The van der Waals surface area contributed by atoms with Gasteiger partial charge in [0.05, 0.1) is 6.54 Å². The van der Waals surface area contributed by atoms with Crippen LogP contribution in [0, 0.1) is 0 Å². The molecule has 0 saturated carbocycles. The molecule has 0 aromatic heterocycles. The molecule has 7 heteroatoms. The SMILES string of the molecule is CCNC(=NCCC(=O)NC(C)CC)NCCc1ccc2c(c1)OCO2. The molecule has 1 heterocycles. The molecule has 1 amide bonds. The monoisotopic (exact) mass is 362 g/mol. The van der Waals surface area contributed by atoms with Gasteiger partial charge in [0, 0.05) is 25.6 Å². The zero-order chi connectivity index (χ0) is 18.8. The van der Waals surface area contributed by atoms with Crippen molar-refractivity contribution in [1.82, 2.24) is 16.0 Å². The molecule has 3 N–H and O–H groups in total. The Balaban J connectivity index is 1.75. The molecule has 1 atom stereocenters. The van der Waals surface area contributed by atoms with Crippen LogP contribution in [0.5, 0.6) is 11.5 Å². The van der Waals surface area contributed by atoms with Gasteiger partial charge in [-0.1, -0.05) is 13.0 Å². The number of hydrogen-bond donors (Lipinski definition) is 3. The first-order valence-corrected chi connectivity index (χ1v) is 9.32. The second-order valence-corrected chi connectivity index (χ2v) is 6.25. The summed E-state index contributed by atoms with van der Waals surface area (Å²) in [5.41, 5.74) is 1.17. The Bertz CT molecular complexity index is 619. The zero-order valence-electron chi connectivity index (χ0n) is 15.9. The van der Waals surface area contributed by atoms with Crippen LogP contribution in [0.2, 0.25) is 0 Å². The maximum atomic E-state index is 11.8. The van der Waals surface area contributed by atoms with Crippen molar-refractivity contribution in [2.75, 3.05) is 26.4 Å². The van der Waals surface area contributed by atoms with Crippen molar-refractivity contribution >= 4 is 11.9 Å². The molecule has 0 aliphatic carbocycles. The summed E-state index contributed by atoms with van der Waals surface area (Å²) in [6.45, 7) is 8.34. The van der Waals surface area contributed by atoms with Crippen LogP contribution in [0.3, 0.4) is 0 Å². The first kappa shape index (κ1) is 19.9. The Morgan fingerprint density at radius 3 is 2.81 bits per heavy atom. The zero-order valence-corrected chi connectivity index (χ0v) is 15.9. The summed E-state index contributed by atoms with van der Waals surface area (Å²) in [6.07, 6.45) is 2.16. The van der Waals surface area contributed by atoms with Crippen molar-refractivity contribution in [2.45, 2.75) is 46.1 Å². The summed E-state index contributed by atoms with van der Waals surface area (Å²) >= 11 is 0. The highest BCUT2D eigenvalue weighted by molar-refractivity contribution is 5.80. The molecule has 0 radical (unpaired) electrons. The van der Waals surface area contributed by atoms with Crippen molar-refractivity contribution in [3.63, 3.8) is 0 Å². The van der Waals surface area contributed by atoms with E-state index in [-0.39, 0.29) is 11.9 Å². The quantitative estimate of drug-likeness (QED) is 0.461. The molecule has 1 aliphatic heterocycles. The highest BCUT2D eigenvalue weighted by Crippen LogP contribution is 2.32. The lowest BCUT2D eigenvalue weighted by atomic mass is 10.1. The maximum Gasteiger partial charge on any atom is 0.231 e. The molecule has 7 nitrogen and oxygen atoms in total. The number of guanidine groups is 1. The van der Waals surface area contributed by atoms with Crippen molar-refractivity contribution in [3.8, 4) is 11.5 Å². The van der Waals surface area contributed by atoms with Crippen LogP contribution in [0.1, 0.15) is 39.2 Å². The Kier molecular flexibility index (Phi) is 8.05. The van der Waals surface area contributed by atoms with Gasteiger partial charge in [0.2, 0.25) is 12.7 Å². The largest absolute Gasteiger partial charge is 0.454 e. The van der Waals surface area contributed by atoms with Crippen molar-refractivity contribution < 1.29 is 14.3 Å². The van der Waals surface area contributed by atoms with Gasteiger partial charge in [-0.15, -0.1) is 0 Å². The number of nitrogens with one attached hydrogen (secondary N) is 3. The minimum absolute atomic E-state index is 0.0410. The first-order chi connectivity index (χ1) is 12.6. The highest BCUT2D eigenvalue weighted by atomic mass is 16.7. The molecule has 0 saturated heterocycles. The van der Waals surface area contributed by atoms with Crippen LogP contribution in [0.25, 0.3) is 0 Å². The van der Waals surface area contributed by atoms with E-state index in [2.05, 4.69) is 27.9 Å². The molecule has 0 spiro atoms. The fourth-order valence-corrected chi connectivity index (χ4v) is 2.48. The molecule has 1 aromatic carbocycles. The van der Waals surface area contributed by atoms with Gasteiger partial charge in [-0.3, -0.25) is 9.79 Å². The molecular weight excluding hydrogens is 332 g/mol. The third-order valence-corrected chi connectivity index (χ3v) is 4.12. The predicted molar refractivity (Wildman–Crippen MR) is 103 cm³/mol. The second kappa shape index (κ2) is 10.5. The van der Waals surface area contributed by atoms with E-state index in [1.807, 2.05) is 32.0 Å². The van der Waals surface area contributed by atoms with Crippen LogP contribution in [-0.4, -0.2) is 44.3 Å². The van der Waals surface area contributed by atoms with E-state index in [0.29, 0.717) is 19.8 Å². The lowest BCUT2D eigenvalue weighted by molar-refractivity contribution is -0.121. The third kappa shape index (κ3) is 6.46. The summed E-state index contributed by atoms with van der Waals surface area (Å²) < 4.78 is 10.7. The Labute approximate surface area is 155 Å². The lowest BCUT2D eigenvalue weighted by Crippen LogP contribution is -2.38. The maximum absolute atomic E-state index is 11.8. The molecule has 0 bridgehead atoms. The van der Waals surface area contributed by atoms with Crippen molar-refractivity contribution in [1.29, 1.82) is 0 Å². The van der Waals surface area contributed by atoms with Gasteiger partial charge in [0.25, 0.3) is 0 Å². The number of hydrogen-bond acceptors (Lipinski definition) is 4. The normalized spacial score (nSPS) is 14.0. The molecule has 144 valence electrons. The van der Waals surface area contributed by atoms with Crippen LogP contribution in [0.4, 0.5) is 0 Å². The van der Waals surface area contributed by atoms with E-state index >= 15 is 0 Å². The van der Waals surface area contributed by atoms with Crippen molar-refractivity contribution in [2.24, 2.45) is 4.99 Å². The van der Waals surface area contributed by atoms with E-state index in [1.165, 1.54) is 5.56 Å². The molecule has 1 aromatic rings. The van der Waals surface area contributed by atoms with Gasteiger partial charge in [-0.2, -0.15) is 0 Å². The Hall–Kier alpha value is -2.44. The number of fused-ring (bicyclic) bond motifs is 1. The van der Waals surface area contributed by atoms with Crippen LogP contribution in [-0.2, 0) is 11.2 Å². The number of rotatable bonds is 9. The summed E-state index contributed by atoms with van der Waals surface area (Å²) in [4.78, 5) is 16.3.